The van der Waals surface area contributed by atoms with Crippen LogP contribution < -0.4 is 4.18 Å². The predicted octanol–water partition coefficient (Wildman–Crippen LogP) is 5.89. The topological polar surface area (TPSA) is 63.7 Å². The molecule has 0 aliphatic heterocycles. The molecule has 0 unspecified atom stereocenters. The molecule has 0 radical (unpaired) electrons. The average molecular weight is 486 g/mol. The van der Waals surface area contributed by atoms with Crippen LogP contribution in [-0.2, 0) is 27.6 Å². The number of carbonyl (C=O) groups excluding carboxylic acids is 1. The first-order valence-electron chi connectivity index (χ1n) is 10.6. The maximum Gasteiger partial charge on any atom is 0.416 e. The number of benzene rings is 2. The first kappa shape index (κ1) is 26.7. The van der Waals surface area contributed by atoms with Gasteiger partial charge < -0.3 is 9.08 Å². The third-order valence-electron chi connectivity index (χ3n) is 4.57. The summed E-state index contributed by atoms with van der Waals surface area (Å²) in [6, 6.07) is 9.49. The third-order valence-corrected chi connectivity index (χ3v) is 5.82. The Hall–Kier alpha value is -2.55. The fourth-order valence-corrected chi connectivity index (χ4v) is 4.11. The molecule has 5 nitrogen and oxygen atoms in total. The van der Waals surface area contributed by atoms with Crippen molar-refractivity contribution in [3.8, 4) is 5.75 Å². The van der Waals surface area contributed by atoms with Crippen molar-refractivity contribution in [1.82, 2.24) is 4.90 Å². The second-order valence-electron chi connectivity index (χ2n) is 9.61. The second kappa shape index (κ2) is 10.2. The van der Waals surface area contributed by atoms with E-state index < -0.39 is 26.8 Å². The number of alkyl halides is 3. The molecule has 33 heavy (non-hydrogen) atoms. The third kappa shape index (κ3) is 8.38. The molecule has 9 heteroatoms. The zero-order valence-corrected chi connectivity index (χ0v) is 20.3. The number of carbonyl (C=O) groups is 1. The summed E-state index contributed by atoms with van der Waals surface area (Å²) in [4.78, 5) is 13.9. The van der Waals surface area contributed by atoms with Gasteiger partial charge in [0.15, 0.2) is 0 Å². The molecule has 1 amide bonds. The van der Waals surface area contributed by atoms with Crippen LogP contribution in [0.2, 0.25) is 0 Å². The smallest absolute Gasteiger partial charge is 0.379 e. The molecular weight excluding hydrogens is 455 g/mol. The van der Waals surface area contributed by atoms with Gasteiger partial charge in [0, 0.05) is 19.5 Å². The van der Waals surface area contributed by atoms with Crippen LogP contribution in [0.4, 0.5) is 13.2 Å². The summed E-state index contributed by atoms with van der Waals surface area (Å²) in [5.41, 5.74) is -0.448. The second-order valence-corrected chi connectivity index (χ2v) is 11.2. The maximum atomic E-state index is 12.9. The molecule has 0 aliphatic carbocycles. The van der Waals surface area contributed by atoms with E-state index in [1.807, 2.05) is 34.6 Å². The molecule has 0 aliphatic rings. The van der Waals surface area contributed by atoms with Crippen molar-refractivity contribution in [2.24, 2.45) is 11.3 Å². The molecule has 2 rings (SSSR count). The molecule has 0 aromatic heterocycles. The van der Waals surface area contributed by atoms with Gasteiger partial charge in [0.1, 0.15) is 10.6 Å². The van der Waals surface area contributed by atoms with Crippen LogP contribution in [0.15, 0.2) is 53.4 Å². The molecule has 0 atom stereocenters. The number of amides is 1. The van der Waals surface area contributed by atoms with Gasteiger partial charge in [-0.15, -0.1) is 0 Å². The van der Waals surface area contributed by atoms with Crippen LogP contribution >= 0.6 is 0 Å². The molecule has 0 saturated heterocycles. The molecule has 0 spiro atoms. The number of hydrogen-bond acceptors (Lipinski definition) is 4. The maximum absolute atomic E-state index is 12.9. The fraction of sp³-hybridized carbons (Fsp3) is 0.458. The van der Waals surface area contributed by atoms with Gasteiger partial charge in [-0.1, -0.05) is 52.8 Å². The van der Waals surface area contributed by atoms with Gasteiger partial charge in [-0.05, 0) is 47.2 Å². The molecule has 2 aromatic carbocycles. The van der Waals surface area contributed by atoms with Gasteiger partial charge in [-0.25, -0.2) is 0 Å². The summed E-state index contributed by atoms with van der Waals surface area (Å²) in [7, 11) is -4.45. The van der Waals surface area contributed by atoms with Gasteiger partial charge in [0.05, 0.1) is 5.56 Å². The first-order valence-corrected chi connectivity index (χ1v) is 12.0. The minimum Gasteiger partial charge on any atom is -0.379 e. The number of rotatable bonds is 8. The lowest BCUT2D eigenvalue weighted by molar-refractivity contribution is -0.137. The largest absolute Gasteiger partial charge is 0.416 e. The van der Waals surface area contributed by atoms with Crippen LogP contribution in [-0.4, -0.2) is 25.8 Å². The normalized spacial score (nSPS) is 12.6. The Balaban J connectivity index is 2.16. The summed E-state index contributed by atoms with van der Waals surface area (Å²) in [6.45, 7) is 11.0. The molecule has 0 bridgehead atoms. The highest BCUT2D eigenvalue weighted by Crippen LogP contribution is 2.31. The minimum atomic E-state index is -4.67. The van der Waals surface area contributed by atoms with Gasteiger partial charge in [0.25, 0.3) is 0 Å². The zero-order chi connectivity index (χ0) is 25.0. The molecule has 0 N–H and O–H groups in total. The molecule has 0 fully saturated rings. The van der Waals surface area contributed by atoms with Crippen molar-refractivity contribution in [3.63, 3.8) is 0 Å². The van der Waals surface area contributed by atoms with Gasteiger partial charge in [-0.3, -0.25) is 4.79 Å². The Labute approximate surface area is 193 Å². The van der Waals surface area contributed by atoms with Gasteiger partial charge in [-0.2, -0.15) is 21.6 Å². The van der Waals surface area contributed by atoms with Crippen LogP contribution in [0.3, 0.4) is 0 Å². The predicted molar refractivity (Wildman–Crippen MR) is 120 cm³/mol. The monoisotopic (exact) mass is 485 g/mol. The van der Waals surface area contributed by atoms with Crippen molar-refractivity contribution in [1.29, 1.82) is 0 Å². The van der Waals surface area contributed by atoms with E-state index in [2.05, 4.69) is 0 Å². The fourth-order valence-electron chi connectivity index (χ4n) is 3.13. The van der Waals surface area contributed by atoms with Gasteiger partial charge >= 0.3 is 16.3 Å². The number of nitrogens with zero attached hydrogens (tertiary/aromatic N) is 1. The van der Waals surface area contributed by atoms with Crippen molar-refractivity contribution >= 4 is 16.0 Å². The quantitative estimate of drug-likeness (QED) is 0.437. The highest BCUT2D eigenvalue weighted by molar-refractivity contribution is 7.87. The molecule has 2 aromatic rings. The van der Waals surface area contributed by atoms with Gasteiger partial charge in [0.2, 0.25) is 5.91 Å². The first-order chi connectivity index (χ1) is 15.1. The molecular formula is C24H30F3NO4S. The van der Waals surface area contributed by atoms with Crippen molar-refractivity contribution < 1.29 is 30.6 Å². The van der Waals surface area contributed by atoms with E-state index >= 15 is 0 Å². The zero-order valence-electron chi connectivity index (χ0n) is 19.4. The molecule has 0 heterocycles. The van der Waals surface area contributed by atoms with Crippen molar-refractivity contribution in [2.75, 3.05) is 6.54 Å². The Morgan fingerprint density at radius 2 is 1.64 bits per heavy atom. The van der Waals surface area contributed by atoms with E-state index in [4.69, 9.17) is 4.18 Å². The Kier molecular flexibility index (Phi) is 8.22. The summed E-state index contributed by atoms with van der Waals surface area (Å²) < 4.78 is 68.6. The van der Waals surface area contributed by atoms with Crippen LogP contribution in [0, 0.1) is 11.3 Å². The lowest BCUT2D eigenvalue weighted by Crippen LogP contribution is -2.35. The summed E-state index contributed by atoms with van der Waals surface area (Å²) in [5, 5.41) is 0. The highest BCUT2D eigenvalue weighted by Gasteiger charge is 2.32. The van der Waals surface area contributed by atoms with E-state index in [-0.39, 0.29) is 23.0 Å². The van der Waals surface area contributed by atoms with E-state index in [9.17, 15) is 26.4 Å². The highest BCUT2D eigenvalue weighted by atomic mass is 32.2. The van der Waals surface area contributed by atoms with E-state index in [1.165, 1.54) is 12.1 Å². The Morgan fingerprint density at radius 3 is 2.15 bits per heavy atom. The number of halogens is 3. The lowest BCUT2D eigenvalue weighted by atomic mass is 9.91. The van der Waals surface area contributed by atoms with Crippen LogP contribution in [0.1, 0.15) is 52.2 Å². The average Bonchev–Trinajstić information content (AvgIpc) is 2.66. The van der Waals surface area contributed by atoms with Crippen molar-refractivity contribution in [2.45, 2.75) is 58.7 Å². The SMILES string of the molecule is CC(C)CN(Cc1ccc(OS(=O)(=O)c2cccc(C(F)(F)F)c2)cc1)C(=O)CC(C)(C)C. The van der Waals surface area contributed by atoms with Crippen LogP contribution in [0.25, 0.3) is 0 Å². The van der Waals surface area contributed by atoms with E-state index in [1.54, 1.807) is 17.0 Å². The standard InChI is InChI=1S/C24H30F3NO4S/c1-17(2)15-28(22(29)14-23(3,4)5)16-18-9-11-20(12-10-18)32-33(30,31)21-8-6-7-19(13-21)24(25,26)27/h6-13,17H,14-16H2,1-5H3. The summed E-state index contributed by atoms with van der Waals surface area (Å²) in [6.07, 6.45) is -4.27. The van der Waals surface area contributed by atoms with E-state index in [0.717, 1.165) is 23.8 Å². The minimum absolute atomic E-state index is 0.0312. The Morgan fingerprint density at radius 1 is 1.03 bits per heavy atom. The lowest BCUT2D eigenvalue weighted by Gasteiger charge is -2.28. The van der Waals surface area contributed by atoms with E-state index in [0.29, 0.717) is 25.6 Å². The molecule has 182 valence electrons. The summed E-state index contributed by atoms with van der Waals surface area (Å²) >= 11 is 0. The summed E-state index contributed by atoms with van der Waals surface area (Å²) in [5.74, 6) is 0.269. The number of hydrogen-bond donors (Lipinski definition) is 0. The molecule has 0 saturated carbocycles. The van der Waals surface area contributed by atoms with Crippen LogP contribution in [0.5, 0.6) is 5.75 Å². The Bertz CT molecular complexity index is 1060. The van der Waals surface area contributed by atoms with Crippen molar-refractivity contribution in [3.05, 3.63) is 59.7 Å².